The third-order valence-electron chi connectivity index (χ3n) is 3.16. The lowest BCUT2D eigenvalue weighted by atomic mass is 9.91. The molecule has 0 bridgehead atoms. The fraction of sp³-hybridized carbons (Fsp3) is 0.133. The number of rotatable bonds is 2. The molecule has 0 unspecified atom stereocenters. The van der Waals surface area contributed by atoms with Crippen molar-refractivity contribution in [1.29, 1.82) is 0 Å². The van der Waals surface area contributed by atoms with E-state index in [0.717, 1.165) is 16.8 Å². The summed E-state index contributed by atoms with van der Waals surface area (Å²) < 4.78 is 0. The summed E-state index contributed by atoms with van der Waals surface area (Å²) in [5, 5.41) is 5.32. The Balaban J connectivity index is 2.05. The number of halogens is 2. The molecule has 3 rings (SSSR count). The van der Waals surface area contributed by atoms with Gasteiger partial charge >= 0.3 is 0 Å². The molecule has 0 radical (unpaired) electrons. The number of oxime groups is 1. The van der Waals surface area contributed by atoms with Crippen molar-refractivity contribution in [3.05, 3.63) is 69.7 Å². The van der Waals surface area contributed by atoms with Crippen molar-refractivity contribution in [1.82, 2.24) is 0 Å². The topological polar surface area (TPSA) is 21.6 Å². The lowest BCUT2D eigenvalue weighted by Gasteiger charge is -2.13. The largest absolute Gasteiger partial charge is 0.394 e. The van der Waals surface area contributed by atoms with Crippen molar-refractivity contribution in [3.63, 3.8) is 0 Å². The highest BCUT2D eigenvalue weighted by Crippen LogP contribution is 2.33. The number of hydrogen-bond donors (Lipinski definition) is 0. The van der Waals surface area contributed by atoms with Crippen LogP contribution in [0.25, 0.3) is 0 Å². The zero-order chi connectivity index (χ0) is 13.2. The molecule has 0 saturated carbocycles. The first kappa shape index (κ1) is 12.5. The summed E-state index contributed by atoms with van der Waals surface area (Å²) in [6.45, 7) is 0.515. The fourth-order valence-corrected chi connectivity index (χ4v) is 2.82. The van der Waals surface area contributed by atoms with Crippen LogP contribution in [0, 0.1) is 0 Å². The van der Waals surface area contributed by atoms with Crippen LogP contribution in [0.3, 0.4) is 0 Å². The maximum atomic E-state index is 6.24. The van der Waals surface area contributed by atoms with Gasteiger partial charge in [-0.05, 0) is 17.7 Å². The molecule has 2 aromatic carbocycles. The Morgan fingerprint density at radius 3 is 2.32 bits per heavy atom. The number of nitrogens with zero attached hydrogens (tertiary/aromatic N) is 1. The summed E-state index contributed by atoms with van der Waals surface area (Å²) >= 11 is 12.5. The van der Waals surface area contributed by atoms with Crippen LogP contribution in [-0.4, -0.2) is 12.3 Å². The minimum absolute atomic E-state index is 0.0681. The molecule has 0 amide bonds. The van der Waals surface area contributed by atoms with Crippen LogP contribution in [0.5, 0.6) is 0 Å². The molecule has 2 nitrogen and oxygen atoms in total. The highest BCUT2D eigenvalue weighted by atomic mass is 35.5. The fourth-order valence-electron chi connectivity index (χ4n) is 2.23. The van der Waals surface area contributed by atoms with E-state index in [1.165, 1.54) is 0 Å². The summed E-state index contributed by atoms with van der Waals surface area (Å²) in [7, 11) is 0. The van der Waals surface area contributed by atoms with Crippen LogP contribution in [-0.2, 0) is 4.84 Å². The van der Waals surface area contributed by atoms with E-state index in [0.29, 0.717) is 16.7 Å². The predicted octanol–water partition coefficient (Wildman–Crippen LogP) is 4.51. The van der Waals surface area contributed by atoms with Crippen LogP contribution in [0.15, 0.2) is 53.7 Å². The highest BCUT2D eigenvalue weighted by Gasteiger charge is 2.29. The Morgan fingerprint density at radius 1 is 0.947 bits per heavy atom. The third-order valence-corrected chi connectivity index (χ3v) is 3.78. The first-order valence-corrected chi connectivity index (χ1v) is 6.72. The molecule has 19 heavy (non-hydrogen) atoms. The summed E-state index contributed by atoms with van der Waals surface area (Å²) in [6, 6.07) is 15.5. The molecule has 96 valence electrons. The van der Waals surface area contributed by atoms with E-state index in [4.69, 9.17) is 28.0 Å². The van der Waals surface area contributed by atoms with Crippen LogP contribution >= 0.6 is 23.2 Å². The molecule has 0 aliphatic carbocycles. The van der Waals surface area contributed by atoms with Gasteiger partial charge in [-0.25, -0.2) is 0 Å². The zero-order valence-electron chi connectivity index (χ0n) is 10.0. The molecule has 2 aromatic rings. The van der Waals surface area contributed by atoms with Crippen LogP contribution < -0.4 is 0 Å². The van der Waals surface area contributed by atoms with E-state index in [9.17, 15) is 0 Å². The first-order valence-electron chi connectivity index (χ1n) is 5.96. The monoisotopic (exact) mass is 291 g/mol. The van der Waals surface area contributed by atoms with Gasteiger partial charge in [0.15, 0.2) is 0 Å². The smallest absolute Gasteiger partial charge is 0.129 e. The van der Waals surface area contributed by atoms with Gasteiger partial charge in [-0.15, -0.1) is 0 Å². The van der Waals surface area contributed by atoms with Gasteiger partial charge in [0.05, 0.1) is 16.0 Å². The molecular formula is C15H11Cl2NO. The molecule has 0 spiro atoms. The van der Waals surface area contributed by atoms with Gasteiger partial charge in [-0.2, -0.15) is 0 Å². The summed E-state index contributed by atoms with van der Waals surface area (Å²) in [6.07, 6.45) is 0. The molecule has 0 N–H and O–H groups in total. The number of benzene rings is 2. The molecule has 1 aliphatic rings. The Morgan fingerprint density at radius 2 is 1.63 bits per heavy atom. The predicted molar refractivity (Wildman–Crippen MR) is 78.1 cm³/mol. The minimum atomic E-state index is 0.0681. The first-order chi connectivity index (χ1) is 9.27. The van der Waals surface area contributed by atoms with Gasteiger partial charge in [-0.3, -0.25) is 0 Å². The molecule has 0 saturated heterocycles. The van der Waals surface area contributed by atoms with Crippen molar-refractivity contribution in [2.75, 3.05) is 6.61 Å². The van der Waals surface area contributed by atoms with E-state index in [1.54, 1.807) is 0 Å². The Labute approximate surface area is 121 Å². The maximum Gasteiger partial charge on any atom is 0.129 e. The molecule has 1 atom stereocenters. The minimum Gasteiger partial charge on any atom is -0.394 e. The van der Waals surface area contributed by atoms with Crippen molar-refractivity contribution in [2.45, 2.75) is 5.92 Å². The van der Waals surface area contributed by atoms with Gasteiger partial charge in [0.25, 0.3) is 0 Å². The van der Waals surface area contributed by atoms with Crippen molar-refractivity contribution in [3.8, 4) is 0 Å². The van der Waals surface area contributed by atoms with Crippen molar-refractivity contribution < 1.29 is 4.84 Å². The lowest BCUT2D eigenvalue weighted by Crippen LogP contribution is -2.13. The normalized spacial score (nSPS) is 18.0. The van der Waals surface area contributed by atoms with Gasteiger partial charge in [-0.1, -0.05) is 64.8 Å². The molecular weight excluding hydrogens is 281 g/mol. The molecule has 1 heterocycles. The second-order valence-corrected chi connectivity index (χ2v) is 5.15. The molecule has 1 aliphatic heterocycles. The average Bonchev–Trinajstić information content (AvgIpc) is 2.89. The second kappa shape index (κ2) is 5.24. The highest BCUT2D eigenvalue weighted by molar-refractivity contribution is 6.40. The SMILES string of the molecule is Clc1cccc(Cl)c1C1=NOC[C@@H]1c1ccccc1. The standard InChI is InChI=1S/C15H11Cl2NO/c16-12-7-4-8-13(17)14(12)15-11(9-19-18-15)10-5-2-1-3-6-10/h1-8,11H,9H2/t11-/m1/s1. The van der Waals surface area contributed by atoms with E-state index in [-0.39, 0.29) is 5.92 Å². The molecule has 0 fully saturated rings. The zero-order valence-corrected chi connectivity index (χ0v) is 11.5. The van der Waals surface area contributed by atoms with Gasteiger partial charge < -0.3 is 4.84 Å². The van der Waals surface area contributed by atoms with Gasteiger partial charge in [0.1, 0.15) is 12.3 Å². The van der Waals surface area contributed by atoms with Gasteiger partial charge in [0, 0.05) is 5.56 Å². The van der Waals surface area contributed by atoms with E-state index in [2.05, 4.69) is 17.3 Å². The third kappa shape index (κ3) is 2.34. The van der Waals surface area contributed by atoms with E-state index in [1.807, 2.05) is 36.4 Å². The average molecular weight is 292 g/mol. The summed E-state index contributed by atoms with van der Waals surface area (Å²) in [5.41, 5.74) is 2.70. The quantitative estimate of drug-likeness (QED) is 0.798. The Bertz CT molecular complexity index is 605. The van der Waals surface area contributed by atoms with Crippen molar-refractivity contribution >= 4 is 28.9 Å². The van der Waals surface area contributed by atoms with Crippen LogP contribution in [0.4, 0.5) is 0 Å². The summed E-state index contributed by atoms with van der Waals surface area (Å²) in [5.74, 6) is 0.0681. The second-order valence-electron chi connectivity index (χ2n) is 4.33. The van der Waals surface area contributed by atoms with Crippen LogP contribution in [0.1, 0.15) is 17.0 Å². The Kier molecular flexibility index (Phi) is 3.45. The molecule has 4 heteroatoms. The van der Waals surface area contributed by atoms with E-state index >= 15 is 0 Å². The number of hydrogen-bond acceptors (Lipinski definition) is 2. The summed E-state index contributed by atoms with van der Waals surface area (Å²) in [4.78, 5) is 5.26. The molecule has 0 aromatic heterocycles. The van der Waals surface area contributed by atoms with Crippen molar-refractivity contribution in [2.24, 2.45) is 5.16 Å². The maximum absolute atomic E-state index is 6.24. The van der Waals surface area contributed by atoms with Gasteiger partial charge in [0.2, 0.25) is 0 Å². The van der Waals surface area contributed by atoms with Crippen LogP contribution in [0.2, 0.25) is 10.0 Å². The Hall–Kier alpha value is -1.51. The van der Waals surface area contributed by atoms with E-state index < -0.39 is 0 Å². The lowest BCUT2D eigenvalue weighted by molar-refractivity contribution is 0.166.